The predicted molar refractivity (Wildman–Crippen MR) is 94.0 cm³/mol. The second kappa shape index (κ2) is 7.35. The Hall–Kier alpha value is -2.54. The van der Waals surface area contributed by atoms with Crippen LogP contribution in [0.25, 0.3) is 11.0 Å². The molecule has 0 aliphatic rings. The van der Waals surface area contributed by atoms with Crippen molar-refractivity contribution in [3.63, 3.8) is 0 Å². The summed E-state index contributed by atoms with van der Waals surface area (Å²) >= 11 is 1.54. The van der Waals surface area contributed by atoms with Crippen molar-refractivity contribution >= 4 is 28.3 Å². The van der Waals surface area contributed by atoms with Gasteiger partial charge in [0.1, 0.15) is 10.7 Å². The van der Waals surface area contributed by atoms with Gasteiger partial charge < -0.3 is 10.3 Å². The molecule has 0 aliphatic heterocycles. The number of aromatic amines is 1. The zero-order valence-electron chi connectivity index (χ0n) is 13.3. The van der Waals surface area contributed by atoms with E-state index in [0.29, 0.717) is 24.2 Å². The highest BCUT2D eigenvalue weighted by molar-refractivity contribution is 7.09. The summed E-state index contributed by atoms with van der Waals surface area (Å²) < 4.78 is 0. The fourth-order valence-electron chi connectivity index (χ4n) is 2.32. The number of amides is 1. The van der Waals surface area contributed by atoms with Gasteiger partial charge in [-0.25, -0.2) is 9.97 Å². The van der Waals surface area contributed by atoms with Crippen molar-refractivity contribution in [3.05, 3.63) is 56.4 Å². The van der Waals surface area contributed by atoms with Crippen LogP contribution in [0.5, 0.6) is 0 Å². The van der Waals surface area contributed by atoms with Crippen LogP contribution in [0.15, 0.2) is 34.4 Å². The molecular weight excluding hydrogens is 324 g/mol. The van der Waals surface area contributed by atoms with Crippen molar-refractivity contribution in [2.75, 3.05) is 0 Å². The van der Waals surface area contributed by atoms with Crippen molar-refractivity contribution < 1.29 is 4.79 Å². The number of benzene rings is 1. The number of hydrogen-bond donors (Lipinski definition) is 2. The van der Waals surface area contributed by atoms with E-state index >= 15 is 0 Å². The minimum Gasteiger partial charge on any atom is -0.350 e. The highest BCUT2D eigenvalue weighted by Crippen LogP contribution is 2.10. The van der Waals surface area contributed by atoms with Crippen LogP contribution >= 0.6 is 11.3 Å². The molecule has 24 heavy (non-hydrogen) atoms. The third-order valence-corrected chi connectivity index (χ3v) is 4.55. The summed E-state index contributed by atoms with van der Waals surface area (Å²) in [6.45, 7) is 2.47. The molecule has 0 aliphatic carbocycles. The molecule has 0 atom stereocenters. The summed E-state index contributed by atoms with van der Waals surface area (Å²) in [5.74, 6) is -0.113. The van der Waals surface area contributed by atoms with Gasteiger partial charge in [-0.1, -0.05) is 19.1 Å². The number of rotatable bonds is 6. The molecule has 3 rings (SSSR count). The van der Waals surface area contributed by atoms with E-state index in [4.69, 9.17) is 0 Å². The van der Waals surface area contributed by atoms with Gasteiger partial charge in [0.15, 0.2) is 0 Å². The van der Waals surface area contributed by atoms with Crippen LogP contribution < -0.4 is 10.9 Å². The van der Waals surface area contributed by atoms with Crippen LogP contribution in [0.4, 0.5) is 0 Å². The average molecular weight is 342 g/mol. The van der Waals surface area contributed by atoms with Crippen molar-refractivity contribution in [2.24, 2.45) is 0 Å². The maximum Gasteiger partial charge on any atom is 0.270 e. The van der Waals surface area contributed by atoms with Gasteiger partial charge in [-0.2, -0.15) is 0 Å². The normalized spacial score (nSPS) is 10.9. The van der Waals surface area contributed by atoms with Gasteiger partial charge in [0.25, 0.3) is 5.56 Å². The van der Waals surface area contributed by atoms with E-state index in [1.165, 1.54) is 0 Å². The number of fused-ring (bicyclic) bond motifs is 1. The lowest BCUT2D eigenvalue weighted by molar-refractivity contribution is -0.121. The van der Waals surface area contributed by atoms with Crippen LogP contribution in [0.2, 0.25) is 0 Å². The van der Waals surface area contributed by atoms with E-state index in [0.717, 1.165) is 22.6 Å². The maximum atomic E-state index is 12.0. The molecule has 7 heteroatoms. The van der Waals surface area contributed by atoms with Crippen LogP contribution in [-0.4, -0.2) is 20.9 Å². The molecule has 1 aromatic carbocycles. The molecule has 0 saturated heterocycles. The fourth-order valence-corrected chi connectivity index (χ4v) is 3.14. The van der Waals surface area contributed by atoms with Crippen LogP contribution in [0.1, 0.15) is 29.7 Å². The first kappa shape index (κ1) is 16.3. The van der Waals surface area contributed by atoms with Crippen molar-refractivity contribution in [3.8, 4) is 0 Å². The lowest BCUT2D eigenvalue weighted by Gasteiger charge is -2.04. The molecule has 0 saturated carbocycles. The standard InChI is InChI=1S/C17H18N4O2S/c1-2-11-10-24-16(19-11)9-18-15(22)8-7-14-17(23)21-13-6-4-3-5-12(13)20-14/h3-6,10H,2,7-9H2,1H3,(H,18,22)(H,21,23). The van der Waals surface area contributed by atoms with Crippen molar-refractivity contribution in [2.45, 2.75) is 32.7 Å². The molecule has 6 nitrogen and oxygen atoms in total. The highest BCUT2D eigenvalue weighted by atomic mass is 32.1. The second-order valence-corrected chi connectivity index (χ2v) is 6.34. The number of aryl methyl sites for hydroxylation is 2. The molecule has 2 N–H and O–H groups in total. The number of hydrogen-bond acceptors (Lipinski definition) is 5. The van der Waals surface area contributed by atoms with Gasteiger partial charge in [-0.15, -0.1) is 11.3 Å². The zero-order valence-corrected chi connectivity index (χ0v) is 14.2. The monoisotopic (exact) mass is 342 g/mol. The lowest BCUT2D eigenvalue weighted by atomic mass is 10.2. The number of H-pyrrole nitrogens is 1. The Morgan fingerprint density at radius 1 is 1.29 bits per heavy atom. The number of carbonyl (C=O) groups excluding carboxylic acids is 1. The van der Waals surface area contributed by atoms with Gasteiger partial charge in [-0.3, -0.25) is 9.59 Å². The fraction of sp³-hybridized carbons (Fsp3) is 0.294. The topological polar surface area (TPSA) is 87.7 Å². The van der Waals surface area contributed by atoms with E-state index in [-0.39, 0.29) is 17.9 Å². The molecule has 3 aromatic rings. The number of carbonyl (C=O) groups is 1. The average Bonchev–Trinajstić information content (AvgIpc) is 3.06. The first-order chi connectivity index (χ1) is 11.7. The third-order valence-electron chi connectivity index (χ3n) is 3.66. The quantitative estimate of drug-likeness (QED) is 0.719. The third kappa shape index (κ3) is 3.86. The molecule has 0 spiro atoms. The SMILES string of the molecule is CCc1csc(CNC(=O)CCc2nc3ccccc3[nH]c2=O)n1. The Labute approximate surface area is 143 Å². The van der Waals surface area contributed by atoms with E-state index < -0.39 is 0 Å². The highest BCUT2D eigenvalue weighted by Gasteiger charge is 2.09. The molecule has 0 bridgehead atoms. The first-order valence-corrected chi connectivity index (χ1v) is 8.71. The summed E-state index contributed by atoms with van der Waals surface area (Å²) in [5, 5.41) is 5.72. The van der Waals surface area contributed by atoms with E-state index in [9.17, 15) is 9.59 Å². The number of para-hydroxylation sites is 2. The van der Waals surface area contributed by atoms with Crippen LogP contribution in [0.3, 0.4) is 0 Å². The van der Waals surface area contributed by atoms with Crippen LogP contribution in [0, 0.1) is 0 Å². The summed E-state index contributed by atoms with van der Waals surface area (Å²) in [7, 11) is 0. The Bertz CT molecular complexity index is 916. The first-order valence-electron chi connectivity index (χ1n) is 7.83. The lowest BCUT2D eigenvalue weighted by Crippen LogP contribution is -2.24. The Balaban J connectivity index is 1.58. The molecule has 0 radical (unpaired) electrons. The summed E-state index contributed by atoms with van der Waals surface area (Å²) in [5.41, 5.74) is 2.60. The molecule has 124 valence electrons. The second-order valence-electron chi connectivity index (χ2n) is 5.39. The molecule has 0 unspecified atom stereocenters. The Kier molecular flexibility index (Phi) is 5.00. The minimum absolute atomic E-state index is 0.113. The number of nitrogens with one attached hydrogen (secondary N) is 2. The Morgan fingerprint density at radius 2 is 2.12 bits per heavy atom. The van der Waals surface area contributed by atoms with Gasteiger partial charge in [0, 0.05) is 18.2 Å². The van der Waals surface area contributed by atoms with Crippen molar-refractivity contribution in [1.82, 2.24) is 20.3 Å². The largest absolute Gasteiger partial charge is 0.350 e. The van der Waals surface area contributed by atoms with E-state index in [2.05, 4.69) is 20.3 Å². The molecular formula is C17H18N4O2S. The molecule has 2 heterocycles. The van der Waals surface area contributed by atoms with Gasteiger partial charge in [0.05, 0.1) is 23.3 Å². The summed E-state index contributed by atoms with van der Waals surface area (Å²) in [6, 6.07) is 7.35. The smallest absolute Gasteiger partial charge is 0.270 e. The van der Waals surface area contributed by atoms with E-state index in [1.807, 2.05) is 30.5 Å². The van der Waals surface area contributed by atoms with Gasteiger partial charge >= 0.3 is 0 Å². The van der Waals surface area contributed by atoms with Crippen LogP contribution in [-0.2, 0) is 24.2 Å². The number of nitrogens with zero attached hydrogens (tertiary/aromatic N) is 2. The van der Waals surface area contributed by atoms with Gasteiger partial charge in [-0.05, 0) is 18.6 Å². The summed E-state index contributed by atoms with van der Waals surface area (Å²) in [4.78, 5) is 35.5. The Morgan fingerprint density at radius 3 is 2.92 bits per heavy atom. The molecule has 1 amide bonds. The maximum absolute atomic E-state index is 12.0. The van der Waals surface area contributed by atoms with E-state index in [1.54, 1.807) is 17.4 Å². The molecule has 0 fully saturated rings. The predicted octanol–water partition coefficient (Wildman–Crippen LogP) is 2.19. The summed E-state index contributed by atoms with van der Waals surface area (Å²) in [6.07, 6.45) is 1.42. The zero-order chi connectivity index (χ0) is 16.9. The number of aromatic nitrogens is 3. The number of thiazole rings is 1. The van der Waals surface area contributed by atoms with Crippen molar-refractivity contribution in [1.29, 1.82) is 0 Å². The minimum atomic E-state index is -0.242. The molecule has 2 aromatic heterocycles. The van der Waals surface area contributed by atoms with Gasteiger partial charge in [0.2, 0.25) is 5.91 Å².